The molecule has 1 aromatic carbocycles. The summed E-state index contributed by atoms with van der Waals surface area (Å²) in [4.78, 5) is 2.26. The minimum atomic E-state index is -3.92. The Bertz CT molecular complexity index is 1120. The van der Waals surface area contributed by atoms with Crippen molar-refractivity contribution in [1.82, 2.24) is 14.4 Å². The predicted octanol–water partition coefficient (Wildman–Crippen LogP) is 2.77. The molecule has 1 saturated heterocycles. The molecule has 0 bridgehead atoms. The highest BCUT2D eigenvalue weighted by Crippen LogP contribution is 2.32. The highest BCUT2D eigenvalue weighted by molar-refractivity contribution is 7.89. The zero-order valence-corrected chi connectivity index (χ0v) is 19.0. The van der Waals surface area contributed by atoms with Gasteiger partial charge >= 0.3 is 0 Å². The summed E-state index contributed by atoms with van der Waals surface area (Å²) in [5.74, 6) is 1.32. The standard InChI is InChI=1S/C22H27N3O6S/c1-17-14-21(31-23-17)18-5-6-20(28-2)22(15-18)32(26,27)25(16-19-4-3-11-30-19)8-7-24-9-12-29-13-10-24/h3-6,11,14-15H,7-10,12-13,16H2,1-2H3. The van der Waals surface area contributed by atoms with E-state index in [0.29, 0.717) is 49.1 Å². The second kappa shape index (κ2) is 9.86. The number of methoxy groups -OCH3 is 1. The fourth-order valence-electron chi connectivity index (χ4n) is 3.61. The van der Waals surface area contributed by atoms with Crippen LogP contribution in [0.1, 0.15) is 11.5 Å². The molecule has 10 heteroatoms. The fraction of sp³-hybridized carbons (Fsp3) is 0.409. The average molecular weight is 462 g/mol. The summed E-state index contributed by atoms with van der Waals surface area (Å²) in [5, 5.41) is 3.90. The number of sulfonamides is 1. The molecule has 1 aliphatic heterocycles. The van der Waals surface area contributed by atoms with E-state index < -0.39 is 10.0 Å². The molecular formula is C22H27N3O6S. The first-order chi connectivity index (χ1) is 15.5. The van der Waals surface area contributed by atoms with Crippen LogP contribution in [0.25, 0.3) is 11.3 Å². The normalized spacial score (nSPS) is 15.3. The van der Waals surface area contributed by atoms with Gasteiger partial charge in [0.05, 0.1) is 38.8 Å². The minimum absolute atomic E-state index is 0.0695. The Morgan fingerprint density at radius 1 is 1.19 bits per heavy atom. The molecule has 3 heterocycles. The number of aromatic nitrogens is 1. The molecule has 4 rings (SSSR count). The summed E-state index contributed by atoms with van der Waals surface area (Å²) in [5.41, 5.74) is 1.32. The third kappa shape index (κ3) is 5.04. The number of aryl methyl sites for hydroxylation is 1. The topological polar surface area (TPSA) is 98.2 Å². The summed E-state index contributed by atoms with van der Waals surface area (Å²) in [7, 11) is -2.46. The van der Waals surface area contributed by atoms with Gasteiger partial charge in [-0.2, -0.15) is 4.31 Å². The van der Waals surface area contributed by atoms with Gasteiger partial charge in [-0.1, -0.05) is 5.16 Å². The average Bonchev–Trinajstić information content (AvgIpc) is 3.48. The Morgan fingerprint density at radius 2 is 2.00 bits per heavy atom. The van der Waals surface area contributed by atoms with Crippen LogP contribution < -0.4 is 4.74 Å². The smallest absolute Gasteiger partial charge is 0.247 e. The summed E-state index contributed by atoms with van der Waals surface area (Å²) in [6.45, 7) is 5.68. The van der Waals surface area contributed by atoms with Crippen molar-refractivity contribution in [2.45, 2.75) is 18.4 Å². The number of hydrogen-bond donors (Lipinski definition) is 0. The van der Waals surface area contributed by atoms with Crippen LogP contribution in [0.5, 0.6) is 5.75 Å². The van der Waals surface area contributed by atoms with Crippen molar-refractivity contribution < 1.29 is 26.8 Å². The third-order valence-electron chi connectivity index (χ3n) is 5.38. The van der Waals surface area contributed by atoms with Crippen molar-refractivity contribution in [2.24, 2.45) is 0 Å². The van der Waals surface area contributed by atoms with Gasteiger partial charge in [-0.15, -0.1) is 0 Å². The predicted molar refractivity (Wildman–Crippen MR) is 117 cm³/mol. The van der Waals surface area contributed by atoms with Gasteiger partial charge in [0.1, 0.15) is 16.4 Å². The number of hydrogen-bond acceptors (Lipinski definition) is 8. The molecule has 0 spiro atoms. The maximum atomic E-state index is 13.8. The number of morpholine rings is 1. The lowest BCUT2D eigenvalue weighted by Crippen LogP contribution is -2.42. The molecule has 32 heavy (non-hydrogen) atoms. The Hall–Kier alpha value is -2.66. The molecule has 0 saturated carbocycles. The second-order valence-electron chi connectivity index (χ2n) is 7.57. The Kier molecular flexibility index (Phi) is 6.95. The molecule has 0 aliphatic carbocycles. The molecule has 172 valence electrons. The molecule has 0 N–H and O–H groups in total. The second-order valence-corrected chi connectivity index (χ2v) is 9.48. The number of nitrogens with zero attached hydrogens (tertiary/aromatic N) is 3. The SMILES string of the molecule is COc1ccc(-c2cc(C)no2)cc1S(=O)(=O)N(CCN1CCOCC1)Cc1ccco1. The van der Waals surface area contributed by atoms with E-state index in [0.717, 1.165) is 13.1 Å². The monoisotopic (exact) mass is 461 g/mol. The Labute approximate surface area is 187 Å². The third-order valence-corrected chi connectivity index (χ3v) is 7.24. The van der Waals surface area contributed by atoms with Crippen LogP contribution in [0.2, 0.25) is 0 Å². The van der Waals surface area contributed by atoms with Crippen LogP contribution >= 0.6 is 0 Å². The largest absolute Gasteiger partial charge is 0.495 e. The number of benzene rings is 1. The summed E-state index contributed by atoms with van der Waals surface area (Å²) < 4.78 is 50.6. The number of furan rings is 1. The van der Waals surface area contributed by atoms with Crippen LogP contribution in [0.15, 0.2) is 56.5 Å². The van der Waals surface area contributed by atoms with Crippen LogP contribution in [0, 0.1) is 6.92 Å². The van der Waals surface area contributed by atoms with Gasteiger partial charge in [-0.05, 0) is 37.3 Å². The van der Waals surface area contributed by atoms with Gasteiger partial charge in [0.2, 0.25) is 10.0 Å². The van der Waals surface area contributed by atoms with E-state index in [-0.39, 0.29) is 17.2 Å². The molecule has 2 aromatic heterocycles. The molecule has 0 unspecified atom stereocenters. The van der Waals surface area contributed by atoms with Crippen LogP contribution in [0.4, 0.5) is 0 Å². The first-order valence-electron chi connectivity index (χ1n) is 10.4. The van der Waals surface area contributed by atoms with Crippen molar-refractivity contribution in [3.8, 4) is 17.1 Å². The van der Waals surface area contributed by atoms with Gasteiger partial charge in [0, 0.05) is 37.8 Å². The quantitative estimate of drug-likeness (QED) is 0.480. The highest BCUT2D eigenvalue weighted by atomic mass is 32.2. The first kappa shape index (κ1) is 22.5. The van der Waals surface area contributed by atoms with Gasteiger partial charge in [-0.3, -0.25) is 4.90 Å². The van der Waals surface area contributed by atoms with Gasteiger partial charge < -0.3 is 18.4 Å². The van der Waals surface area contributed by atoms with Crippen molar-refractivity contribution >= 4 is 10.0 Å². The zero-order chi connectivity index (χ0) is 22.6. The summed E-state index contributed by atoms with van der Waals surface area (Å²) >= 11 is 0. The van der Waals surface area contributed by atoms with Crippen molar-refractivity contribution in [2.75, 3.05) is 46.5 Å². The van der Waals surface area contributed by atoms with Crippen molar-refractivity contribution in [3.63, 3.8) is 0 Å². The van der Waals surface area contributed by atoms with E-state index in [1.54, 1.807) is 36.4 Å². The maximum Gasteiger partial charge on any atom is 0.247 e. The van der Waals surface area contributed by atoms with Crippen LogP contribution in [-0.4, -0.2) is 69.3 Å². The first-order valence-corrected chi connectivity index (χ1v) is 11.9. The van der Waals surface area contributed by atoms with Crippen molar-refractivity contribution in [3.05, 3.63) is 54.1 Å². The van der Waals surface area contributed by atoms with E-state index in [4.69, 9.17) is 18.4 Å². The minimum Gasteiger partial charge on any atom is -0.495 e. The van der Waals surface area contributed by atoms with Crippen molar-refractivity contribution in [1.29, 1.82) is 0 Å². The maximum absolute atomic E-state index is 13.8. The lowest BCUT2D eigenvalue weighted by molar-refractivity contribution is 0.0360. The van der Waals surface area contributed by atoms with E-state index in [1.807, 2.05) is 6.92 Å². The van der Waals surface area contributed by atoms with E-state index >= 15 is 0 Å². The number of rotatable bonds is 9. The van der Waals surface area contributed by atoms with Gasteiger partial charge in [0.25, 0.3) is 0 Å². The molecule has 0 radical (unpaired) electrons. The Morgan fingerprint density at radius 3 is 2.66 bits per heavy atom. The number of ether oxygens (including phenoxy) is 2. The molecule has 0 amide bonds. The lowest BCUT2D eigenvalue weighted by atomic mass is 10.1. The zero-order valence-electron chi connectivity index (χ0n) is 18.2. The molecule has 1 aliphatic rings. The molecule has 1 fully saturated rings. The Balaban J connectivity index is 1.66. The van der Waals surface area contributed by atoms with Crippen LogP contribution in [0.3, 0.4) is 0 Å². The molecule has 0 atom stereocenters. The van der Waals surface area contributed by atoms with E-state index in [1.165, 1.54) is 17.7 Å². The van der Waals surface area contributed by atoms with Gasteiger partial charge in [0.15, 0.2) is 5.76 Å². The van der Waals surface area contributed by atoms with Crippen LogP contribution in [-0.2, 0) is 21.3 Å². The van der Waals surface area contributed by atoms with E-state index in [2.05, 4.69) is 10.1 Å². The molecule has 9 nitrogen and oxygen atoms in total. The summed E-state index contributed by atoms with van der Waals surface area (Å²) in [6, 6.07) is 10.2. The molecular weight excluding hydrogens is 434 g/mol. The summed E-state index contributed by atoms with van der Waals surface area (Å²) in [6.07, 6.45) is 1.54. The van der Waals surface area contributed by atoms with Gasteiger partial charge in [-0.25, -0.2) is 8.42 Å². The lowest BCUT2D eigenvalue weighted by Gasteiger charge is -2.29. The molecule has 3 aromatic rings. The highest BCUT2D eigenvalue weighted by Gasteiger charge is 2.30. The fourth-order valence-corrected chi connectivity index (χ4v) is 5.19. The van der Waals surface area contributed by atoms with E-state index in [9.17, 15) is 8.42 Å².